The number of halogens is 1. The number of likely N-dealkylation sites (tertiary alicyclic amines) is 1. The minimum Gasteiger partial charge on any atom is -1.00 e. The van der Waals surface area contributed by atoms with Crippen LogP contribution in [-0.2, 0) is 0 Å². The molecule has 18 heavy (non-hydrogen) atoms. The third-order valence-corrected chi connectivity index (χ3v) is 3.36. The fraction of sp³-hybridized carbons (Fsp3) is 0.375. The van der Waals surface area contributed by atoms with Gasteiger partial charge in [0.1, 0.15) is 13.1 Å². The van der Waals surface area contributed by atoms with Gasteiger partial charge in [-0.25, -0.2) is 0 Å². The molecular formula is C16H18BrN. The van der Waals surface area contributed by atoms with Gasteiger partial charge in [-0.15, -0.1) is 6.42 Å². The summed E-state index contributed by atoms with van der Waals surface area (Å²) in [6.45, 7) is 4.09. The van der Waals surface area contributed by atoms with Gasteiger partial charge in [0.15, 0.2) is 0 Å². The number of hydrogen-bond donors (Lipinski definition) is 0. The van der Waals surface area contributed by atoms with Crippen LogP contribution in [-0.4, -0.2) is 30.7 Å². The van der Waals surface area contributed by atoms with Crippen molar-refractivity contribution in [2.75, 3.05) is 26.2 Å². The molecule has 0 bridgehead atoms. The Kier molecular flexibility index (Phi) is 5.99. The van der Waals surface area contributed by atoms with Crippen LogP contribution in [0, 0.1) is 24.2 Å². The Hall–Kier alpha value is -1.22. The molecule has 1 aliphatic heterocycles. The lowest BCUT2D eigenvalue weighted by Gasteiger charge is -2.29. The van der Waals surface area contributed by atoms with E-state index in [0.717, 1.165) is 23.1 Å². The Bertz CT molecular complexity index is 455. The van der Waals surface area contributed by atoms with Crippen molar-refractivity contribution in [3.05, 3.63) is 35.9 Å². The molecule has 0 spiro atoms. The van der Waals surface area contributed by atoms with Crippen LogP contribution in [0.25, 0.3) is 0 Å². The SMILES string of the molecule is C#CC[N+]1(CC#Cc2ccccc2)CCCC1.[Br-]. The molecule has 0 amide bonds. The lowest BCUT2D eigenvalue weighted by molar-refractivity contribution is -0.903. The van der Waals surface area contributed by atoms with Gasteiger partial charge in [-0.05, 0) is 24.0 Å². The van der Waals surface area contributed by atoms with E-state index in [2.05, 4.69) is 17.8 Å². The first-order valence-electron chi connectivity index (χ1n) is 6.17. The van der Waals surface area contributed by atoms with E-state index in [1.165, 1.54) is 25.9 Å². The summed E-state index contributed by atoms with van der Waals surface area (Å²) in [6, 6.07) is 10.1. The Morgan fingerprint density at radius 1 is 1.06 bits per heavy atom. The first-order chi connectivity index (χ1) is 8.35. The van der Waals surface area contributed by atoms with Crippen LogP contribution in [0.15, 0.2) is 30.3 Å². The fourth-order valence-electron chi connectivity index (χ4n) is 2.40. The molecule has 1 aromatic carbocycles. The van der Waals surface area contributed by atoms with Gasteiger partial charge in [0, 0.05) is 18.4 Å². The lowest BCUT2D eigenvalue weighted by atomic mass is 10.2. The monoisotopic (exact) mass is 303 g/mol. The summed E-state index contributed by atoms with van der Waals surface area (Å²) < 4.78 is 0.996. The molecule has 1 nitrogen and oxygen atoms in total. The predicted octanol–water partition coefficient (Wildman–Crippen LogP) is -0.714. The van der Waals surface area contributed by atoms with Crippen LogP contribution < -0.4 is 17.0 Å². The van der Waals surface area contributed by atoms with Crippen molar-refractivity contribution in [2.45, 2.75) is 12.8 Å². The predicted molar refractivity (Wildman–Crippen MR) is 71.1 cm³/mol. The topological polar surface area (TPSA) is 0 Å². The highest BCUT2D eigenvalue weighted by molar-refractivity contribution is 5.33. The number of terminal acetylenes is 1. The van der Waals surface area contributed by atoms with Gasteiger partial charge in [-0.1, -0.05) is 24.1 Å². The van der Waals surface area contributed by atoms with E-state index >= 15 is 0 Å². The summed E-state index contributed by atoms with van der Waals surface area (Å²) in [5.41, 5.74) is 1.09. The maximum Gasteiger partial charge on any atom is 0.142 e. The molecule has 1 fully saturated rings. The molecule has 1 heterocycles. The summed E-state index contributed by atoms with van der Waals surface area (Å²) in [5, 5.41) is 0. The molecular weight excluding hydrogens is 286 g/mol. The second kappa shape index (κ2) is 7.27. The summed E-state index contributed by atoms with van der Waals surface area (Å²) in [6.07, 6.45) is 8.04. The summed E-state index contributed by atoms with van der Waals surface area (Å²) in [7, 11) is 0. The standard InChI is InChI=1S/C16H18N.BrH/c1-2-12-17(13-6-7-14-17)15-8-11-16-9-4-3-5-10-16;/h1,3-5,9-10H,6-7,12-15H2;1H/q+1;/p-1. The first kappa shape index (κ1) is 14.8. The van der Waals surface area contributed by atoms with Crippen molar-refractivity contribution in [2.24, 2.45) is 0 Å². The number of nitrogens with zero attached hydrogens (tertiary/aromatic N) is 1. The van der Waals surface area contributed by atoms with Gasteiger partial charge in [0.2, 0.25) is 0 Å². The van der Waals surface area contributed by atoms with Crippen LogP contribution in [0.3, 0.4) is 0 Å². The van der Waals surface area contributed by atoms with Crippen LogP contribution >= 0.6 is 0 Å². The molecule has 0 unspecified atom stereocenters. The molecule has 0 atom stereocenters. The van der Waals surface area contributed by atoms with E-state index in [9.17, 15) is 0 Å². The van der Waals surface area contributed by atoms with E-state index in [4.69, 9.17) is 6.42 Å². The highest BCUT2D eigenvalue weighted by Crippen LogP contribution is 2.17. The fourth-order valence-corrected chi connectivity index (χ4v) is 2.40. The van der Waals surface area contributed by atoms with Gasteiger partial charge < -0.3 is 21.5 Å². The molecule has 0 aromatic heterocycles. The number of rotatable bonds is 2. The zero-order valence-electron chi connectivity index (χ0n) is 10.5. The van der Waals surface area contributed by atoms with Crippen molar-refractivity contribution in [1.82, 2.24) is 0 Å². The lowest BCUT2D eigenvalue weighted by Crippen LogP contribution is -3.00. The molecule has 0 saturated carbocycles. The second-order valence-electron chi connectivity index (χ2n) is 4.68. The van der Waals surface area contributed by atoms with E-state index in [1.807, 2.05) is 30.3 Å². The average molecular weight is 304 g/mol. The minimum atomic E-state index is 0. The largest absolute Gasteiger partial charge is 1.00 e. The highest BCUT2D eigenvalue weighted by atomic mass is 79.9. The van der Waals surface area contributed by atoms with E-state index in [0.29, 0.717) is 0 Å². The molecule has 1 aromatic rings. The molecule has 1 aliphatic rings. The summed E-state index contributed by atoms with van der Waals surface area (Å²) in [4.78, 5) is 0. The number of quaternary nitrogens is 1. The quantitative estimate of drug-likeness (QED) is 0.500. The molecule has 0 N–H and O–H groups in total. The molecule has 94 valence electrons. The summed E-state index contributed by atoms with van der Waals surface area (Å²) >= 11 is 0. The van der Waals surface area contributed by atoms with Crippen LogP contribution in [0.2, 0.25) is 0 Å². The number of benzene rings is 1. The normalized spacial score (nSPS) is 15.9. The van der Waals surface area contributed by atoms with E-state index < -0.39 is 0 Å². The Morgan fingerprint density at radius 2 is 1.72 bits per heavy atom. The van der Waals surface area contributed by atoms with Gasteiger partial charge in [0.05, 0.1) is 13.1 Å². The van der Waals surface area contributed by atoms with Crippen LogP contribution in [0.1, 0.15) is 18.4 Å². The van der Waals surface area contributed by atoms with Crippen molar-refractivity contribution >= 4 is 0 Å². The Balaban J connectivity index is 0.00000162. The molecule has 2 heteroatoms. The van der Waals surface area contributed by atoms with Crippen molar-refractivity contribution in [3.63, 3.8) is 0 Å². The minimum absolute atomic E-state index is 0. The molecule has 0 radical (unpaired) electrons. The van der Waals surface area contributed by atoms with Crippen LogP contribution in [0.5, 0.6) is 0 Å². The van der Waals surface area contributed by atoms with Gasteiger partial charge in [-0.2, -0.15) is 0 Å². The highest BCUT2D eigenvalue weighted by Gasteiger charge is 2.29. The third-order valence-electron chi connectivity index (χ3n) is 3.36. The Morgan fingerprint density at radius 3 is 2.33 bits per heavy atom. The third kappa shape index (κ3) is 3.91. The molecule has 0 aliphatic carbocycles. The molecule has 2 rings (SSSR count). The van der Waals surface area contributed by atoms with E-state index in [1.54, 1.807) is 0 Å². The Labute approximate surface area is 121 Å². The molecule has 1 saturated heterocycles. The van der Waals surface area contributed by atoms with E-state index in [-0.39, 0.29) is 17.0 Å². The van der Waals surface area contributed by atoms with Crippen molar-refractivity contribution in [3.8, 4) is 24.2 Å². The average Bonchev–Trinajstić information content (AvgIpc) is 2.80. The first-order valence-corrected chi connectivity index (χ1v) is 6.17. The zero-order valence-corrected chi connectivity index (χ0v) is 12.1. The van der Waals surface area contributed by atoms with Crippen molar-refractivity contribution < 1.29 is 21.5 Å². The van der Waals surface area contributed by atoms with Crippen molar-refractivity contribution in [1.29, 1.82) is 0 Å². The van der Waals surface area contributed by atoms with Gasteiger partial charge >= 0.3 is 0 Å². The maximum absolute atomic E-state index is 5.46. The summed E-state index contributed by atoms with van der Waals surface area (Å²) in [5.74, 6) is 9.32. The zero-order chi connectivity index (χ0) is 12.0. The van der Waals surface area contributed by atoms with Crippen LogP contribution in [0.4, 0.5) is 0 Å². The number of hydrogen-bond acceptors (Lipinski definition) is 0. The maximum atomic E-state index is 5.46. The smallest absolute Gasteiger partial charge is 0.142 e. The van der Waals surface area contributed by atoms with Gasteiger partial charge in [-0.3, -0.25) is 0 Å². The van der Waals surface area contributed by atoms with Gasteiger partial charge in [0.25, 0.3) is 0 Å². The second-order valence-corrected chi connectivity index (χ2v) is 4.68.